The van der Waals surface area contributed by atoms with Crippen LogP contribution < -0.4 is 5.32 Å². The summed E-state index contributed by atoms with van der Waals surface area (Å²) in [6.45, 7) is 0. The van der Waals surface area contributed by atoms with E-state index in [4.69, 9.17) is 0 Å². The molecule has 2 aromatic carbocycles. The molecule has 0 spiro atoms. The van der Waals surface area contributed by atoms with Crippen LogP contribution in [0.4, 0.5) is 14.0 Å². The highest BCUT2D eigenvalue weighted by Gasteiger charge is 2.19. The van der Waals surface area contributed by atoms with Gasteiger partial charge in [-0.05, 0) is 46.3 Å². The molecule has 0 unspecified atom stereocenters. The molecule has 0 saturated carbocycles. The molecule has 8 heteroatoms. The number of amides is 1. The molecule has 110 valence electrons. The molecule has 0 heterocycles. The molecule has 21 heavy (non-hydrogen) atoms. The number of rotatable bonds is 3. The highest BCUT2D eigenvalue weighted by Crippen LogP contribution is 2.25. The minimum Gasteiger partial charge on any atom is -0.321 e. The van der Waals surface area contributed by atoms with Gasteiger partial charge in [0.1, 0.15) is 10.7 Å². The fraction of sp³-hybridized carbons (Fsp3) is 0. The van der Waals surface area contributed by atoms with E-state index in [1.54, 1.807) is 0 Å². The van der Waals surface area contributed by atoms with Gasteiger partial charge in [0.25, 0.3) is 5.91 Å². The lowest BCUT2D eigenvalue weighted by Gasteiger charge is -2.09. The smallest absolute Gasteiger partial charge is 0.321 e. The second kappa shape index (κ2) is 5.90. The fourth-order valence-corrected chi connectivity index (χ4v) is 2.69. The van der Waals surface area contributed by atoms with Gasteiger partial charge >= 0.3 is 10.2 Å². The molecule has 0 saturated heterocycles. The van der Waals surface area contributed by atoms with Crippen molar-refractivity contribution in [3.05, 3.63) is 58.3 Å². The van der Waals surface area contributed by atoms with E-state index < -0.39 is 26.8 Å². The minimum atomic E-state index is -4.98. The second-order valence-electron chi connectivity index (χ2n) is 4.01. The van der Waals surface area contributed by atoms with Gasteiger partial charge in [-0.3, -0.25) is 4.79 Å². The Morgan fingerprint density at radius 3 is 2.48 bits per heavy atom. The van der Waals surface area contributed by atoms with Crippen molar-refractivity contribution >= 4 is 37.7 Å². The van der Waals surface area contributed by atoms with Crippen molar-refractivity contribution in [1.29, 1.82) is 0 Å². The van der Waals surface area contributed by atoms with Crippen LogP contribution in [-0.2, 0) is 10.2 Å². The molecule has 0 aliphatic heterocycles. The number of carbonyl (C=O) groups excluding carboxylic acids is 1. The van der Waals surface area contributed by atoms with E-state index in [9.17, 15) is 21.5 Å². The summed E-state index contributed by atoms with van der Waals surface area (Å²) in [5, 5.41) is 2.25. The average molecular weight is 376 g/mol. The van der Waals surface area contributed by atoms with Crippen LogP contribution in [0.1, 0.15) is 10.4 Å². The largest absolute Gasteiger partial charge is 0.334 e. The lowest BCUT2D eigenvalue weighted by atomic mass is 10.2. The summed E-state index contributed by atoms with van der Waals surface area (Å²) in [5.41, 5.74) is -0.262. The SMILES string of the molecule is O=C(Nc1ccccc1S(=O)(=O)F)c1cc(F)ccc1Br. The normalized spacial score (nSPS) is 11.2. The molecule has 0 bridgehead atoms. The third-order valence-corrected chi connectivity index (χ3v) is 4.14. The number of hydrogen-bond donors (Lipinski definition) is 1. The lowest BCUT2D eigenvalue weighted by molar-refractivity contribution is 0.102. The number of para-hydroxylation sites is 1. The molecule has 2 rings (SSSR count). The van der Waals surface area contributed by atoms with E-state index in [2.05, 4.69) is 21.2 Å². The van der Waals surface area contributed by atoms with Gasteiger partial charge in [0.15, 0.2) is 0 Å². The van der Waals surface area contributed by atoms with Crippen molar-refractivity contribution in [2.24, 2.45) is 0 Å². The van der Waals surface area contributed by atoms with Crippen molar-refractivity contribution in [1.82, 2.24) is 0 Å². The van der Waals surface area contributed by atoms with Crippen LogP contribution >= 0.6 is 15.9 Å². The first-order chi connectivity index (χ1) is 9.79. The molecule has 0 aromatic heterocycles. The first-order valence-corrected chi connectivity index (χ1v) is 7.77. The minimum absolute atomic E-state index is 0.0407. The van der Waals surface area contributed by atoms with Crippen LogP contribution in [0.3, 0.4) is 0 Å². The van der Waals surface area contributed by atoms with Gasteiger partial charge in [0.2, 0.25) is 0 Å². The first-order valence-electron chi connectivity index (χ1n) is 5.59. The van der Waals surface area contributed by atoms with Gasteiger partial charge < -0.3 is 5.32 Å². The van der Waals surface area contributed by atoms with E-state index in [0.717, 1.165) is 18.2 Å². The van der Waals surface area contributed by atoms with E-state index in [1.165, 1.54) is 24.3 Å². The first kappa shape index (κ1) is 15.6. The van der Waals surface area contributed by atoms with Crippen LogP contribution in [0.2, 0.25) is 0 Å². The zero-order valence-corrected chi connectivity index (χ0v) is 12.7. The topological polar surface area (TPSA) is 63.2 Å². The van der Waals surface area contributed by atoms with Crippen LogP contribution in [-0.4, -0.2) is 14.3 Å². The fourth-order valence-electron chi connectivity index (χ4n) is 1.64. The van der Waals surface area contributed by atoms with E-state index in [0.29, 0.717) is 4.47 Å². The van der Waals surface area contributed by atoms with Crippen LogP contribution in [0, 0.1) is 5.82 Å². The Hall–Kier alpha value is -1.80. The summed E-state index contributed by atoms with van der Waals surface area (Å²) in [4.78, 5) is 11.4. The van der Waals surface area contributed by atoms with Crippen LogP contribution in [0.5, 0.6) is 0 Å². The summed E-state index contributed by atoms with van der Waals surface area (Å²) in [6, 6.07) is 8.48. The Morgan fingerprint density at radius 2 is 1.81 bits per heavy atom. The molecule has 0 radical (unpaired) electrons. The van der Waals surface area contributed by atoms with Crippen molar-refractivity contribution in [2.75, 3.05) is 5.32 Å². The highest BCUT2D eigenvalue weighted by molar-refractivity contribution is 9.10. The summed E-state index contributed by atoms with van der Waals surface area (Å²) in [7, 11) is -4.98. The second-order valence-corrected chi connectivity index (χ2v) is 6.18. The lowest BCUT2D eigenvalue weighted by Crippen LogP contribution is -2.14. The molecule has 0 aliphatic carbocycles. The highest BCUT2D eigenvalue weighted by atomic mass is 79.9. The Labute approximate surface area is 128 Å². The molecular weight excluding hydrogens is 368 g/mol. The van der Waals surface area contributed by atoms with Crippen molar-refractivity contribution < 1.29 is 21.5 Å². The molecule has 0 aliphatic rings. The van der Waals surface area contributed by atoms with Gasteiger partial charge in [-0.2, -0.15) is 8.42 Å². The van der Waals surface area contributed by atoms with Crippen molar-refractivity contribution in [2.45, 2.75) is 4.90 Å². The number of hydrogen-bond acceptors (Lipinski definition) is 3. The molecule has 0 atom stereocenters. The predicted octanol–water partition coefficient (Wildman–Crippen LogP) is 3.50. The van der Waals surface area contributed by atoms with Crippen LogP contribution in [0.25, 0.3) is 0 Å². The van der Waals surface area contributed by atoms with E-state index >= 15 is 0 Å². The Balaban J connectivity index is 2.39. The zero-order valence-electron chi connectivity index (χ0n) is 10.3. The summed E-state index contributed by atoms with van der Waals surface area (Å²) >= 11 is 3.08. The maximum Gasteiger partial charge on any atom is 0.334 e. The molecule has 0 fully saturated rings. The maximum atomic E-state index is 13.2. The van der Waals surface area contributed by atoms with E-state index in [1.807, 2.05) is 0 Å². The number of benzene rings is 2. The predicted molar refractivity (Wildman–Crippen MR) is 76.8 cm³/mol. The van der Waals surface area contributed by atoms with Gasteiger partial charge in [-0.1, -0.05) is 12.1 Å². The third-order valence-electron chi connectivity index (χ3n) is 2.57. The summed E-state index contributed by atoms with van der Waals surface area (Å²) < 4.78 is 48.6. The van der Waals surface area contributed by atoms with Gasteiger partial charge in [-0.15, -0.1) is 3.89 Å². The Bertz CT molecular complexity index is 809. The van der Waals surface area contributed by atoms with Gasteiger partial charge in [0.05, 0.1) is 11.3 Å². The van der Waals surface area contributed by atoms with Crippen molar-refractivity contribution in [3.63, 3.8) is 0 Å². The Kier molecular flexibility index (Phi) is 4.38. The number of anilines is 1. The molecule has 1 N–H and O–H groups in total. The average Bonchev–Trinajstić information content (AvgIpc) is 2.41. The monoisotopic (exact) mass is 375 g/mol. The standard InChI is InChI=1S/C13H8BrF2NO3S/c14-10-6-5-8(15)7-9(10)13(18)17-11-3-1-2-4-12(11)21(16,19)20/h1-7H,(H,17,18). The number of nitrogens with one attached hydrogen (secondary N) is 1. The molecule has 1 amide bonds. The number of halogens is 3. The number of carbonyl (C=O) groups is 1. The van der Waals surface area contributed by atoms with Crippen LogP contribution in [0.15, 0.2) is 51.8 Å². The Morgan fingerprint density at radius 1 is 1.14 bits per heavy atom. The summed E-state index contributed by atoms with van der Waals surface area (Å²) in [6.07, 6.45) is 0. The quantitative estimate of drug-likeness (QED) is 0.835. The molecular formula is C13H8BrF2NO3S. The zero-order chi connectivity index (χ0) is 15.6. The van der Waals surface area contributed by atoms with Gasteiger partial charge in [-0.25, -0.2) is 4.39 Å². The maximum absolute atomic E-state index is 13.2. The van der Waals surface area contributed by atoms with Crippen molar-refractivity contribution in [3.8, 4) is 0 Å². The van der Waals surface area contributed by atoms with Gasteiger partial charge in [0, 0.05) is 4.47 Å². The van der Waals surface area contributed by atoms with E-state index in [-0.39, 0.29) is 11.3 Å². The molecule has 2 aromatic rings. The third kappa shape index (κ3) is 3.64. The summed E-state index contributed by atoms with van der Waals surface area (Å²) in [5.74, 6) is -1.40. The molecule has 4 nitrogen and oxygen atoms in total.